The SMILES string of the molecule is N=C(SCc1cccc(-c2cccc(C(F)(F)F)c2)n1)c1ccc2ccc(C3=[N+]=C(c4cccc(-c5cccc(C(F)(F)F)c5)n4)S3)nc2n1. The van der Waals surface area contributed by atoms with Crippen LogP contribution in [0.4, 0.5) is 26.3 Å². The highest BCUT2D eigenvalue weighted by atomic mass is 32.2. The number of hydrogen-bond donors (Lipinski definition) is 1. The van der Waals surface area contributed by atoms with Crippen molar-refractivity contribution in [3.8, 4) is 22.5 Å². The number of benzene rings is 2. The molecule has 0 unspecified atom stereocenters. The molecule has 0 radical (unpaired) electrons. The van der Waals surface area contributed by atoms with Crippen LogP contribution in [0.3, 0.4) is 0 Å². The monoisotopic (exact) mass is 715 g/mol. The summed E-state index contributed by atoms with van der Waals surface area (Å²) >= 11 is 2.53. The summed E-state index contributed by atoms with van der Waals surface area (Å²) < 4.78 is 83.8. The molecule has 5 heterocycles. The number of aromatic nitrogens is 4. The Morgan fingerprint density at radius 3 is 1.80 bits per heavy atom. The third-order valence-corrected chi connectivity index (χ3v) is 9.44. The highest BCUT2D eigenvalue weighted by Crippen LogP contribution is 2.33. The number of pyridine rings is 4. The van der Waals surface area contributed by atoms with Crippen LogP contribution in [-0.2, 0) is 18.1 Å². The number of fused-ring (bicyclic) bond motifs is 1. The van der Waals surface area contributed by atoms with Crippen LogP contribution in [0.1, 0.15) is 33.9 Å². The van der Waals surface area contributed by atoms with Crippen molar-refractivity contribution in [1.29, 1.82) is 5.41 Å². The first-order chi connectivity index (χ1) is 23.9. The van der Waals surface area contributed by atoms with Gasteiger partial charge in [-0.1, -0.05) is 52.8 Å². The summed E-state index contributed by atoms with van der Waals surface area (Å²) in [7, 11) is 0. The largest absolute Gasteiger partial charge is 0.416 e. The van der Waals surface area contributed by atoms with Crippen LogP contribution in [0.5, 0.6) is 0 Å². The van der Waals surface area contributed by atoms with Gasteiger partial charge in [0.05, 0.1) is 45.7 Å². The van der Waals surface area contributed by atoms with E-state index in [2.05, 4.69) is 24.6 Å². The zero-order valence-electron chi connectivity index (χ0n) is 25.4. The molecule has 0 atom stereocenters. The molecule has 1 aliphatic rings. The first kappa shape index (κ1) is 33.2. The van der Waals surface area contributed by atoms with Crippen LogP contribution >= 0.6 is 23.5 Å². The van der Waals surface area contributed by atoms with Crippen LogP contribution in [0, 0.1) is 5.41 Å². The number of hydrogen-bond acceptors (Lipinski definition) is 7. The van der Waals surface area contributed by atoms with Crippen LogP contribution in [0.2, 0.25) is 0 Å². The van der Waals surface area contributed by atoms with Crippen molar-refractivity contribution in [3.63, 3.8) is 0 Å². The number of nitrogens with zero attached hydrogens (tertiary/aromatic N) is 5. The van der Waals surface area contributed by atoms with E-state index in [-0.39, 0.29) is 5.04 Å². The van der Waals surface area contributed by atoms with Crippen LogP contribution in [0.15, 0.2) is 109 Å². The van der Waals surface area contributed by atoms with E-state index in [1.165, 1.54) is 35.7 Å². The van der Waals surface area contributed by atoms with E-state index in [0.29, 0.717) is 66.8 Å². The Hall–Kier alpha value is -5.30. The molecule has 14 heteroatoms. The molecule has 248 valence electrons. The van der Waals surface area contributed by atoms with Gasteiger partial charge < -0.3 is 0 Å². The maximum Gasteiger partial charge on any atom is 0.416 e. The predicted octanol–water partition coefficient (Wildman–Crippen LogP) is 9.06. The zero-order chi connectivity index (χ0) is 35.0. The number of thioether (sulfide) groups is 2. The summed E-state index contributed by atoms with van der Waals surface area (Å²) in [5, 5.41) is 10.8. The Balaban J connectivity index is 1.06. The van der Waals surface area contributed by atoms with Gasteiger partial charge in [-0.2, -0.15) is 26.3 Å². The molecule has 0 bridgehead atoms. The lowest BCUT2D eigenvalue weighted by Crippen LogP contribution is -2.21. The maximum absolute atomic E-state index is 13.2. The zero-order valence-corrected chi connectivity index (χ0v) is 27.1. The molecule has 6 aromatic rings. The normalized spacial score (nSPS) is 13.1. The van der Waals surface area contributed by atoms with Crippen molar-refractivity contribution in [2.45, 2.75) is 18.1 Å². The van der Waals surface area contributed by atoms with Crippen LogP contribution in [0.25, 0.3) is 33.5 Å². The van der Waals surface area contributed by atoms with E-state index < -0.39 is 23.5 Å². The molecule has 0 saturated heterocycles. The average molecular weight is 716 g/mol. The van der Waals surface area contributed by atoms with Crippen LogP contribution < -0.4 is 4.67 Å². The second kappa shape index (κ2) is 13.2. The Labute approximate surface area is 289 Å². The van der Waals surface area contributed by atoms with Gasteiger partial charge >= 0.3 is 22.4 Å². The number of rotatable bonds is 7. The van der Waals surface area contributed by atoms with E-state index in [4.69, 9.17) is 5.41 Å². The molecular formula is C36H21F6N6S2+. The number of nitrogens with one attached hydrogen (secondary N) is 1. The van der Waals surface area contributed by atoms with Gasteiger partial charge in [0, 0.05) is 22.3 Å². The lowest BCUT2D eigenvalue weighted by molar-refractivity contribution is -0.138. The summed E-state index contributed by atoms with van der Waals surface area (Å²) in [6.07, 6.45) is -8.92. The molecule has 0 saturated carbocycles. The molecule has 1 N–H and O–H groups in total. The fourth-order valence-electron chi connectivity index (χ4n) is 5.02. The lowest BCUT2D eigenvalue weighted by Gasteiger charge is -2.09. The molecule has 0 aliphatic carbocycles. The Bertz CT molecular complexity index is 2370. The lowest BCUT2D eigenvalue weighted by atomic mass is 10.1. The minimum Gasteiger partial charge on any atom is -0.292 e. The molecular weight excluding hydrogens is 695 g/mol. The van der Waals surface area contributed by atoms with Crippen molar-refractivity contribution in [3.05, 3.63) is 143 Å². The highest BCUT2D eigenvalue weighted by molar-refractivity contribution is 8.28. The summed E-state index contributed by atoms with van der Waals surface area (Å²) in [6.45, 7) is 0. The molecule has 4 aromatic heterocycles. The van der Waals surface area contributed by atoms with Crippen molar-refractivity contribution in [2.75, 3.05) is 0 Å². The minimum atomic E-state index is -4.46. The van der Waals surface area contributed by atoms with Gasteiger partial charge in [0.15, 0.2) is 17.0 Å². The van der Waals surface area contributed by atoms with E-state index in [9.17, 15) is 26.3 Å². The number of alkyl halides is 6. The second-order valence-corrected chi connectivity index (χ2v) is 12.9. The Morgan fingerprint density at radius 2 is 1.16 bits per heavy atom. The van der Waals surface area contributed by atoms with Gasteiger partial charge in [-0.25, -0.2) is 15.0 Å². The molecule has 6 nitrogen and oxygen atoms in total. The molecule has 50 heavy (non-hydrogen) atoms. The highest BCUT2D eigenvalue weighted by Gasteiger charge is 2.37. The summed E-state index contributed by atoms with van der Waals surface area (Å²) in [6, 6.07) is 27.4. The second-order valence-electron chi connectivity index (χ2n) is 11.0. The molecule has 1 aliphatic heterocycles. The molecule has 0 spiro atoms. The summed E-state index contributed by atoms with van der Waals surface area (Å²) in [5.74, 6) is 0.299. The molecule has 0 fully saturated rings. The van der Waals surface area contributed by atoms with Crippen molar-refractivity contribution in [1.82, 2.24) is 24.6 Å². The molecule has 7 rings (SSSR count). The van der Waals surface area contributed by atoms with Crippen molar-refractivity contribution in [2.24, 2.45) is 0 Å². The topological polar surface area (TPSA) is 89.5 Å². The fraction of sp³-hybridized carbons (Fsp3) is 0.0833. The predicted molar refractivity (Wildman–Crippen MR) is 185 cm³/mol. The van der Waals surface area contributed by atoms with Crippen molar-refractivity contribution < 1.29 is 26.3 Å². The summed E-state index contributed by atoms with van der Waals surface area (Å²) in [5.41, 5.74) is 2.48. The van der Waals surface area contributed by atoms with E-state index in [1.807, 2.05) is 18.2 Å². The van der Waals surface area contributed by atoms with Crippen LogP contribution in [-0.4, -0.2) is 35.1 Å². The molecule has 2 aromatic carbocycles. The fourth-order valence-corrected chi connectivity index (χ4v) is 6.50. The quantitative estimate of drug-likeness (QED) is 0.0768. The van der Waals surface area contributed by atoms with Gasteiger partial charge in [-0.15, -0.1) is 0 Å². The smallest absolute Gasteiger partial charge is 0.292 e. The van der Waals surface area contributed by atoms with Gasteiger partial charge in [0.25, 0.3) is 0 Å². The third-order valence-electron chi connectivity index (χ3n) is 7.51. The van der Waals surface area contributed by atoms with E-state index >= 15 is 0 Å². The number of halogens is 6. The molecule has 0 amide bonds. The average Bonchev–Trinajstić information content (AvgIpc) is 3.09. The van der Waals surface area contributed by atoms with E-state index in [1.54, 1.807) is 54.6 Å². The van der Waals surface area contributed by atoms with Gasteiger partial charge in [-0.05, 0) is 72.8 Å². The first-order valence-electron chi connectivity index (χ1n) is 14.8. The van der Waals surface area contributed by atoms with E-state index in [0.717, 1.165) is 29.7 Å². The summed E-state index contributed by atoms with van der Waals surface area (Å²) in [4.78, 5) is 18.3. The Kier molecular flexibility index (Phi) is 8.77. The van der Waals surface area contributed by atoms with Gasteiger partial charge in [0.1, 0.15) is 5.04 Å². The maximum atomic E-state index is 13.2. The third kappa shape index (κ3) is 7.18. The van der Waals surface area contributed by atoms with Gasteiger partial charge in [0.2, 0.25) is 0 Å². The first-order valence-corrected chi connectivity index (χ1v) is 16.6. The standard InChI is InChI=1S/C36H21F6N6S2/c37-35(38,39)23-7-1-5-21(17-23)26-10-3-9-25(44-26)19-49-31(43)28-15-13-20-14-16-30(47-32(20)46-28)34-48-33(50-34)29-12-4-11-27(45-29)22-6-2-8-24(18-22)36(40,41)42/h1-18,43H,19H2/q+1. The Morgan fingerprint density at radius 1 is 0.620 bits per heavy atom. The van der Waals surface area contributed by atoms with Crippen molar-refractivity contribution >= 4 is 49.7 Å². The minimum absolute atomic E-state index is 0.170. The van der Waals surface area contributed by atoms with Gasteiger partial charge in [-0.3, -0.25) is 10.4 Å².